The largest absolute Gasteiger partial charge is 0.382 e. The number of hydrogen-bond donors (Lipinski definition) is 2. The fourth-order valence-electron chi connectivity index (χ4n) is 1.19. The molecule has 0 amide bonds. The summed E-state index contributed by atoms with van der Waals surface area (Å²) in [5.74, 6) is 0.629. The van der Waals surface area contributed by atoms with E-state index in [1.165, 1.54) is 5.69 Å². The summed E-state index contributed by atoms with van der Waals surface area (Å²) in [4.78, 5) is 0. The summed E-state index contributed by atoms with van der Waals surface area (Å²) >= 11 is 0. The zero-order chi connectivity index (χ0) is 10.1. The molecule has 0 spiro atoms. The lowest BCUT2D eigenvalue weighted by atomic mass is 9.89. The third-order valence-corrected chi connectivity index (χ3v) is 2.27. The van der Waals surface area contributed by atoms with Crippen molar-refractivity contribution in [1.82, 2.24) is 10.2 Å². The molecule has 0 aliphatic rings. The van der Waals surface area contributed by atoms with Crippen molar-refractivity contribution in [2.24, 2.45) is 5.41 Å². The molecular formula is C10H19N3. The molecule has 74 valence electrons. The molecule has 1 rings (SSSR count). The maximum Gasteiger partial charge on any atom is 0.148 e. The number of rotatable bonds is 2. The second-order valence-electron chi connectivity index (χ2n) is 4.77. The molecule has 3 nitrogen and oxygen atoms in total. The van der Waals surface area contributed by atoms with Crippen LogP contribution in [0.4, 0.5) is 5.82 Å². The van der Waals surface area contributed by atoms with E-state index in [1.54, 1.807) is 0 Å². The van der Waals surface area contributed by atoms with Gasteiger partial charge < -0.3 is 5.73 Å². The van der Waals surface area contributed by atoms with Crippen LogP contribution >= 0.6 is 0 Å². The maximum atomic E-state index is 5.64. The molecule has 0 aliphatic heterocycles. The van der Waals surface area contributed by atoms with Gasteiger partial charge in [0.2, 0.25) is 0 Å². The standard InChI is InChI=1S/C10H19N3/c1-7-8(12-13-9(7)11)5-6-10(2,3)4/h5-6H2,1-4H3,(H3,11,12,13). The van der Waals surface area contributed by atoms with Crippen LogP contribution in [0.3, 0.4) is 0 Å². The van der Waals surface area contributed by atoms with Crippen molar-refractivity contribution in [3.05, 3.63) is 11.3 Å². The van der Waals surface area contributed by atoms with Crippen LogP contribution in [-0.2, 0) is 6.42 Å². The number of nitrogen functional groups attached to an aromatic ring is 1. The molecule has 0 bridgehead atoms. The normalized spacial score (nSPS) is 12.0. The first-order valence-electron chi connectivity index (χ1n) is 4.69. The van der Waals surface area contributed by atoms with E-state index in [0.717, 1.165) is 18.4 Å². The van der Waals surface area contributed by atoms with Gasteiger partial charge in [-0.3, -0.25) is 5.10 Å². The topological polar surface area (TPSA) is 54.7 Å². The summed E-state index contributed by atoms with van der Waals surface area (Å²) in [6.07, 6.45) is 2.18. The predicted molar refractivity (Wildman–Crippen MR) is 55.5 cm³/mol. The molecule has 0 aromatic carbocycles. The van der Waals surface area contributed by atoms with Crippen molar-refractivity contribution in [2.75, 3.05) is 5.73 Å². The summed E-state index contributed by atoms with van der Waals surface area (Å²) in [5, 5.41) is 6.94. The Bertz CT molecular complexity index is 281. The zero-order valence-electron chi connectivity index (χ0n) is 8.94. The summed E-state index contributed by atoms with van der Waals surface area (Å²) in [5.41, 5.74) is 8.28. The molecule has 3 heteroatoms. The quantitative estimate of drug-likeness (QED) is 0.735. The van der Waals surface area contributed by atoms with Gasteiger partial charge in [0.1, 0.15) is 5.82 Å². The number of nitrogens with one attached hydrogen (secondary N) is 1. The summed E-state index contributed by atoms with van der Waals surface area (Å²) in [7, 11) is 0. The van der Waals surface area contributed by atoms with Gasteiger partial charge >= 0.3 is 0 Å². The van der Waals surface area contributed by atoms with Gasteiger partial charge in [0.15, 0.2) is 0 Å². The first-order chi connectivity index (χ1) is 5.90. The van der Waals surface area contributed by atoms with Crippen molar-refractivity contribution in [3.63, 3.8) is 0 Å². The minimum absolute atomic E-state index is 0.367. The smallest absolute Gasteiger partial charge is 0.148 e. The Balaban J connectivity index is 2.60. The number of H-pyrrole nitrogens is 1. The maximum absolute atomic E-state index is 5.64. The van der Waals surface area contributed by atoms with E-state index >= 15 is 0 Å². The molecule has 3 N–H and O–H groups in total. The lowest BCUT2D eigenvalue weighted by molar-refractivity contribution is 0.376. The lowest BCUT2D eigenvalue weighted by Gasteiger charge is -2.17. The van der Waals surface area contributed by atoms with Crippen LogP contribution in [0.1, 0.15) is 38.4 Å². The predicted octanol–water partition coefficient (Wildman–Crippen LogP) is 2.28. The minimum Gasteiger partial charge on any atom is -0.382 e. The van der Waals surface area contributed by atoms with Gasteiger partial charge in [-0.05, 0) is 25.2 Å². The molecule has 0 saturated carbocycles. The average Bonchev–Trinajstić information content (AvgIpc) is 2.29. The van der Waals surface area contributed by atoms with Gasteiger partial charge in [-0.2, -0.15) is 5.10 Å². The highest BCUT2D eigenvalue weighted by Crippen LogP contribution is 2.22. The molecule has 1 aromatic heterocycles. The van der Waals surface area contributed by atoms with Crippen molar-refractivity contribution in [2.45, 2.75) is 40.5 Å². The van der Waals surface area contributed by atoms with Gasteiger partial charge in [-0.15, -0.1) is 0 Å². The highest BCUT2D eigenvalue weighted by molar-refractivity contribution is 5.40. The number of aromatic nitrogens is 2. The number of hydrogen-bond acceptors (Lipinski definition) is 2. The van der Waals surface area contributed by atoms with Crippen LogP contribution in [0, 0.1) is 12.3 Å². The number of aromatic amines is 1. The Morgan fingerprint density at radius 2 is 2.00 bits per heavy atom. The van der Waals surface area contributed by atoms with E-state index in [4.69, 9.17) is 5.73 Å². The number of aryl methyl sites for hydroxylation is 1. The van der Waals surface area contributed by atoms with E-state index in [0.29, 0.717) is 11.2 Å². The Hall–Kier alpha value is -0.990. The van der Waals surface area contributed by atoms with Crippen molar-refractivity contribution in [1.29, 1.82) is 0 Å². The fourth-order valence-corrected chi connectivity index (χ4v) is 1.19. The second-order valence-corrected chi connectivity index (χ2v) is 4.77. The molecule has 0 fully saturated rings. The van der Waals surface area contributed by atoms with E-state index < -0.39 is 0 Å². The second kappa shape index (κ2) is 3.40. The lowest BCUT2D eigenvalue weighted by Crippen LogP contribution is -2.07. The van der Waals surface area contributed by atoms with Gasteiger partial charge in [-0.25, -0.2) is 0 Å². The van der Waals surface area contributed by atoms with Crippen LogP contribution in [0.25, 0.3) is 0 Å². The molecular weight excluding hydrogens is 162 g/mol. The fraction of sp³-hybridized carbons (Fsp3) is 0.700. The van der Waals surface area contributed by atoms with E-state index in [-0.39, 0.29) is 0 Å². The molecule has 0 atom stereocenters. The summed E-state index contributed by atoms with van der Waals surface area (Å²) < 4.78 is 0. The van der Waals surface area contributed by atoms with Gasteiger partial charge in [0.25, 0.3) is 0 Å². The molecule has 0 saturated heterocycles. The van der Waals surface area contributed by atoms with Crippen LogP contribution in [0.15, 0.2) is 0 Å². The SMILES string of the molecule is Cc1c(N)n[nH]c1CCC(C)(C)C. The number of nitrogens with zero attached hydrogens (tertiary/aromatic N) is 1. The van der Waals surface area contributed by atoms with Gasteiger partial charge in [0.05, 0.1) is 0 Å². The number of anilines is 1. The van der Waals surface area contributed by atoms with Crippen LogP contribution in [0.2, 0.25) is 0 Å². The van der Waals surface area contributed by atoms with E-state index in [2.05, 4.69) is 31.0 Å². The highest BCUT2D eigenvalue weighted by atomic mass is 15.2. The molecule has 13 heavy (non-hydrogen) atoms. The molecule has 0 aliphatic carbocycles. The monoisotopic (exact) mass is 181 g/mol. The Kier molecular flexibility index (Phi) is 2.64. The molecule has 0 radical (unpaired) electrons. The first kappa shape index (κ1) is 10.1. The first-order valence-corrected chi connectivity index (χ1v) is 4.69. The third kappa shape index (κ3) is 2.76. The Morgan fingerprint density at radius 1 is 1.38 bits per heavy atom. The van der Waals surface area contributed by atoms with E-state index in [1.807, 2.05) is 6.92 Å². The van der Waals surface area contributed by atoms with Crippen molar-refractivity contribution >= 4 is 5.82 Å². The summed E-state index contributed by atoms with van der Waals surface area (Å²) in [6.45, 7) is 8.73. The minimum atomic E-state index is 0.367. The third-order valence-electron chi connectivity index (χ3n) is 2.27. The van der Waals surface area contributed by atoms with Crippen molar-refractivity contribution < 1.29 is 0 Å². The average molecular weight is 181 g/mol. The molecule has 1 heterocycles. The number of nitrogens with two attached hydrogens (primary N) is 1. The van der Waals surface area contributed by atoms with Gasteiger partial charge in [0, 0.05) is 11.3 Å². The van der Waals surface area contributed by atoms with Crippen molar-refractivity contribution in [3.8, 4) is 0 Å². The van der Waals surface area contributed by atoms with Crippen LogP contribution in [0.5, 0.6) is 0 Å². The Labute approximate surface area is 79.7 Å². The van der Waals surface area contributed by atoms with Crippen LogP contribution in [-0.4, -0.2) is 10.2 Å². The highest BCUT2D eigenvalue weighted by Gasteiger charge is 2.12. The summed E-state index contributed by atoms with van der Waals surface area (Å²) in [6, 6.07) is 0. The van der Waals surface area contributed by atoms with Gasteiger partial charge in [-0.1, -0.05) is 20.8 Å². The zero-order valence-corrected chi connectivity index (χ0v) is 8.94. The molecule has 0 unspecified atom stereocenters. The Morgan fingerprint density at radius 3 is 2.38 bits per heavy atom. The van der Waals surface area contributed by atoms with Crippen LogP contribution < -0.4 is 5.73 Å². The van der Waals surface area contributed by atoms with E-state index in [9.17, 15) is 0 Å². The molecule has 1 aromatic rings.